The zero-order chi connectivity index (χ0) is 22.0. The summed E-state index contributed by atoms with van der Waals surface area (Å²) in [4.78, 5) is 14.5. The summed E-state index contributed by atoms with van der Waals surface area (Å²) in [5, 5.41) is 12.2. The first kappa shape index (κ1) is 20.4. The summed E-state index contributed by atoms with van der Waals surface area (Å²) >= 11 is 0. The van der Waals surface area contributed by atoms with Gasteiger partial charge in [0.25, 0.3) is 0 Å². The average Bonchev–Trinajstić information content (AvgIpc) is 3.19. The van der Waals surface area contributed by atoms with Crippen molar-refractivity contribution in [2.24, 2.45) is 0 Å². The molecule has 0 aliphatic rings. The Morgan fingerprint density at radius 1 is 1.06 bits per heavy atom. The molecule has 2 heterocycles. The van der Waals surface area contributed by atoms with Crippen LogP contribution in [0.2, 0.25) is 0 Å². The van der Waals surface area contributed by atoms with Crippen LogP contribution in [-0.4, -0.2) is 33.9 Å². The molecule has 2 N–H and O–H groups in total. The Morgan fingerprint density at radius 3 is 2.42 bits per heavy atom. The minimum Gasteiger partial charge on any atom is -0.436 e. The highest BCUT2D eigenvalue weighted by atomic mass is 16.5. The Labute approximate surface area is 181 Å². The van der Waals surface area contributed by atoms with E-state index in [2.05, 4.69) is 57.5 Å². The topological polar surface area (TPSA) is 89.9 Å². The Hall–Kier alpha value is -3.89. The number of anilines is 2. The van der Waals surface area contributed by atoms with Crippen LogP contribution in [0, 0.1) is 25.2 Å². The number of H-pyrrole nitrogens is 1. The number of hydrogen-bond donors (Lipinski definition) is 2. The molecule has 4 rings (SSSR count). The molecule has 4 aromatic rings. The summed E-state index contributed by atoms with van der Waals surface area (Å²) in [6.45, 7) is 4.96. The van der Waals surface area contributed by atoms with Crippen LogP contribution in [0.4, 0.5) is 11.6 Å². The first-order chi connectivity index (χ1) is 14.9. The first-order valence-electron chi connectivity index (χ1n) is 9.98. The van der Waals surface area contributed by atoms with Crippen LogP contribution in [0.5, 0.6) is 11.6 Å². The van der Waals surface area contributed by atoms with Crippen LogP contribution >= 0.6 is 0 Å². The number of aromatic amines is 1. The van der Waals surface area contributed by atoms with Crippen molar-refractivity contribution in [1.29, 1.82) is 5.26 Å². The number of nitriles is 1. The fraction of sp³-hybridized carbons (Fsp3) is 0.208. The summed E-state index contributed by atoms with van der Waals surface area (Å²) in [5.41, 5.74) is 6.22. The fourth-order valence-electron chi connectivity index (χ4n) is 3.56. The van der Waals surface area contributed by atoms with E-state index in [1.165, 1.54) is 5.56 Å². The summed E-state index contributed by atoms with van der Waals surface area (Å²) in [7, 11) is 4.11. The fourth-order valence-corrected chi connectivity index (χ4v) is 3.56. The van der Waals surface area contributed by atoms with Crippen molar-refractivity contribution in [2.45, 2.75) is 20.4 Å². The summed E-state index contributed by atoms with van der Waals surface area (Å²) in [6.07, 6.45) is 1.82. The molecular weight excluding hydrogens is 388 g/mol. The molecule has 0 amide bonds. The van der Waals surface area contributed by atoms with Gasteiger partial charge in [-0.05, 0) is 75.0 Å². The lowest BCUT2D eigenvalue weighted by Crippen LogP contribution is -2.11. The zero-order valence-electron chi connectivity index (χ0n) is 18.0. The van der Waals surface area contributed by atoms with Crippen LogP contribution in [0.3, 0.4) is 0 Å². The van der Waals surface area contributed by atoms with E-state index in [0.717, 1.165) is 40.1 Å². The Morgan fingerprint density at radius 2 is 1.77 bits per heavy atom. The van der Waals surface area contributed by atoms with Gasteiger partial charge in [0.2, 0.25) is 11.8 Å². The summed E-state index contributed by atoms with van der Waals surface area (Å²) in [5.74, 6) is 1.67. The smallest absolute Gasteiger partial charge is 0.248 e. The van der Waals surface area contributed by atoms with E-state index < -0.39 is 0 Å². The van der Waals surface area contributed by atoms with Gasteiger partial charge in [-0.15, -0.1) is 0 Å². The Bertz CT molecular complexity index is 1240. The van der Waals surface area contributed by atoms with Gasteiger partial charge in [-0.3, -0.25) is 0 Å². The van der Waals surface area contributed by atoms with E-state index in [1.54, 1.807) is 12.1 Å². The van der Waals surface area contributed by atoms with Crippen LogP contribution in [0.25, 0.3) is 11.0 Å². The molecule has 7 heteroatoms. The Balaban J connectivity index is 1.67. The molecule has 31 heavy (non-hydrogen) atoms. The van der Waals surface area contributed by atoms with Gasteiger partial charge in [-0.25, -0.2) is 4.98 Å². The van der Waals surface area contributed by atoms with Crippen LogP contribution in [0.1, 0.15) is 22.3 Å². The number of hydrogen-bond acceptors (Lipinski definition) is 6. The second-order valence-corrected chi connectivity index (χ2v) is 7.80. The third-order valence-electron chi connectivity index (χ3n) is 4.86. The van der Waals surface area contributed by atoms with E-state index in [4.69, 9.17) is 10.00 Å². The van der Waals surface area contributed by atoms with Gasteiger partial charge in [0.15, 0.2) is 0 Å². The SMILES string of the molecule is Cc1cc(CN(C)C)cc(C)c1Oc1nc(Nc2ccc(C#N)cc2)nc2cc[nH]c12. The first-order valence-corrected chi connectivity index (χ1v) is 9.98. The molecule has 0 spiro atoms. The van der Waals surface area contributed by atoms with Crippen molar-refractivity contribution < 1.29 is 4.74 Å². The zero-order valence-corrected chi connectivity index (χ0v) is 18.0. The third-order valence-corrected chi connectivity index (χ3v) is 4.86. The molecule has 156 valence electrons. The van der Waals surface area contributed by atoms with Crippen molar-refractivity contribution in [3.63, 3.8) is 0 Å². The highest BCUT2D eigenvalue weighted by molar-refractivity contribution is 5.82. The normalized spacial score (nSPS) is 11.0. The lowest BCUT2D eigenvalue weighted by molar-refractivity contribution is 0.401. The molecule has 0 radical (unpaired) electrons. The highest BCUT2D eigenvalue weighted by Gasteiger charge is 2.15. The number of ether oxygens (including phenoxy) is 1. The van der Waals surface area contributed by atoms with E-state index in [1.807, 2.05) is 38.2 Å². The minimum absolute atomic E-state index is 0.423. The van der Waals surface area contributed by atoms with Crippen LogP contribution in [0.15, 0.2) is 48.7 Å². The highest BCUT2D eigenvalue weighted by Crippen LogP contribution is 2.33. The predicted octanol–water partition coefficient (Wildman–Crippen LogP) is 5.04. The van der Waals surface area contributed by atoms with Crippen molar-refractivity contribution in [3.05, 3.63) is 70.9 Å². The van der Waals surface area contributed by atoms with E-state index >= 15 is 0 Å². The van der Waals surface area contributed by atoms with Gasteiger partial charge in [-0.1, -0.05) is 12.1 Å². The lowest BCUT2D eigenvalue weighted by Gasteiger charge is -2.16. The van der Waals surface area contributed by atoms with E-state index in [-0.39, 0.29) is 0 Å². The number of benzene rings is 2. The molecule has 0 bridgehead atoms. The molecule has 0 saturated carbocycles. The number of aryl methyl sites for hydroxylation is 2. The standard InChI is InChI=1S/C24H24N6O/c1-15-11-18(14-30(3)4)12-16(2)22(15)31-23-21-20(9-10-26-21)28-24(29-23)27-19-7-5-17(13-25)6-8-19/h5-12,26H,14H2,1-4H3,(H,27,28,29). The van der Waals surface area contributed by atoms with Gasteiger partial charge in [0, 0.05) is 18.4 Å². The number of aromatic nitrogens is 3. The van der Waals surface area contributed by atoms with Crippen molar-refractivity contribution in [2.75, 3.05) is 19.4 Å². The molecule has 2 aromatic heterocycles. The molecule has 0 aliphatic heterocycles. The molecule has 0 saturated heterocycles. The molecular formula is C24H24N6O. The van der Waals surface area contributed by atoms with E-state index in [0.29, 0.717) is 17.4 Å². The van der Waals surface area contributed by atoms with Crippen molar-refractivity contribution in [3.8, 4) is 17.7 Å². The Kier molecular flexibility index (Phi) is 5.56. The third kappa shape index (κ3) is 4.49. The minimum atomic E-state index is 0.423. The molecule has 2 aromatic carbocycles. The molecule has 0 fully saturated rings. The molecule has 0 unspecified atom stereocenters. The van der Waals surface area contributed by atoms with Gasteiger partial charge in [0.1, 0.15) is 11.3 Å². The molecule has 7 nitrogen and oxygen atoms in total. The number of rotatable bonds is 6. The number of nitrogens with zero attached hydrogens (tertiary/aromatic N) is 4. The van der Waals surface area contributed by atoms with Gasteiger partial charge in [-0.2, -0.15) is 10.2 Å². The van der Waals surface area contributed by atoms with Crippen LogP contribution in [-0.2, 0) is 6.54 Å². The maximum absolute atomic E-state index is 8.98. The van der Waals surface area contributed by atoms with Crippen LogP contribution < -0.4 is 10.1 Å². The lowest BCUT2D eigenvalue weighted by atomic mass is 10.1. The molecule has 0 aliphatic carbocycles. The van der Waals surface area contributed by atoms with E-state index in [9.17, 15) is 0 Å². The number of fused-ring (bicyclic) bond motifs is 1. The summed E-state index contributed by atoms with van der Waals surface area (Å²) in [6, 6.07) is 15.4. The second kappa shape index (κ2) is 8.46. The maximum atomic E-state index is 8.98. The van der Waals surface area contributed by atoms with Gasteiger partial charge < -0.3 is 19.9 Å². The quantitative estimate of drug-likeness (QED) is 0.461. The van der Waals surface area contributed by atoms with Crippen molar-refractivity contribution >= 4 is 22.7 Å². The largest absolute Gasteiger partial charge is 0.436 e. The summed E-state index contributed by atoms with van der Waals surface area (Å²) < 4.78 is 6.31. The van der Waals surface area contributed by atoms with Gasteiger partial charge >= 0.3 is 0 Å². The second-order valence-electron chi connectivity index (χ2n) is 7.80. The predicted molar refractivity (Wildman–Crippen MR) is 122 cm³/mol. The number of nitrogens with one attached hydrogen (secondary N) is 2. The van der Waals surface area contributed by atoms with Crippen molar-refractivity contribution in [1.82, 2.24) is 19.9 Å². The average molecular weight is 412 g/mol. The molecule has 0 atom stereocenters. The van der Waals surface area contributed by atoms with Gasteiger partial charge in [0.05, 0.1) is 17.1 Å². The monoisotopic (exact) mass is 412 g/mol. The maximum Gasteiger partial charge on any atom is 0.248 e.